The van der Waals surface area contributed by atoms with Crippen molar-refractivity contribution in [3.8, 4) is 0 Å². The normalized spacial score (nSPS) is 31.6. The van der Waals surface area contributed by atoms with E-state index in [1.165, 1.54) is 4.88 Å². The molecule has 0 unspecified atom stereocenters. The van der Waals surface area contributed by atoms with E-state index in [1.54, 1.807) is 17.7 Å². The van der Waals surface area contributed by atoms with Gasteiger partial charge in [-0.15, -0.1) is 11.3 Å². The summed E-state index contributed by atoms with van der Waals surface area (Å²) in [6, 6.07) is 11.5. The highest BCUT2D eigenvalue weighted by Gasteiger charge is 2.51. The predicted octanol–water partition coefficient (Wildman–Crippen LogP) is 1.91. The van der Waals surface area contributed by atoms with Gasteiger partial charge in [0.1, 0.15) is 12.1 Å². The van der Waals surface area contributed by atoms with E-state index in [4.69, 9.17) is 9.47 Å². The van der Waals surface area contributed by atoms with Crippen LogP contribution < -0.4 is 5.32 Å². The van der Waals surface area contributed by atoms with Crippen LogP contribution in [0.4, 0.5) is 0 Å². The van der Waals surface area contributed by atoms with Gasteiger partial charge in [0.2, 0.25) is 0 Å². The van der Waals surface area contributed by atoms with E-state index in [9.17, 15) is 5.11 Å². The zero-order valence-electron chi connectivity index (χ0n) is 13.5. The average Bonchev–Trinajstić information content (AvgIpc) is 3.36. The van der Waals surface area contributed by atoms with Crippen molar-refractivity contribution in [2.24, 2.45) is 0 Å². The van der Waals surface area contributed by atoms with Crippen LogP contribution in [0.15, 0.2) is 48.1 Å². The lowest BCUT2D eigenvalue weighted by Gasteiger charge is -2.39. The second kappa shape index (κ2) is 6.19. The summed E-state index contributed by atoms with van der Waals surface area (Å²) in [6.07, 6.45) is 0.562. The molecule has 0 spiro atoms. The summed E-state index contributed by atoms with van der Waals surface area (Å²) in [7, 11) is 0. The fourth-order valence-electron chi connectivity index (χ4n) is 3.80. The summed E-state index contributed by atoms with van der Waals surface area (Å²) < 4.78 is 13.9. The Balaban J connectivity index is 1.45. The molecule has 2 aromatic heterocycles. The van der Waals surface area contributed by atoms with Crippen LogP contribution in [0.25, 0.3) is 11.0 Å². The molecule has 2 aliphatic heterocycles. The number of aliphatic hydroxyl groups is 1. The molecular weight excluding hydrogens is 338 g/mol. The number of ether oxygens (including phenoxy) is 2. The molecule has 5 rings (SSSR count). The first-order valence-corrected chi connectivity index (χ1v) is 9.32. The predicted molar refractivity (Wildman–Crippen MR) is 94.3 cm³/mol. The Kier molecular flexibility index (Phi) is 3.83. The highest BCUT2D eigenvalue weighted by Crippen LogP contribution is 2.37. The number of aliphatic hydroxyl groups excluding tert-OH is 1. The van der Waals surface area contributed by atoms with Gasteiger partial charge in [-0.25, -0.2) is 4.98 Å². The Morgan fingerprint density at radius 2 is 2.20 bits per heavy atom. The number of aromatic nitrogens is 2. The van der Waals surface area contributed by atoms with Crippen molar-refractivity contribution < 1.29 is 14.6 Å². The van der Waals surface area contributed by atoms with Crippen LogP contribution in [-0.2, 0) is 16.0 Å². The number of imidazole rings is 1. The maximum Gasteiger partial charge on any atom is 0.181 e. The van der Waals surface area contributed by atoms with Crippen LogP contribution in [0.3, 0.4) is 0 Å². The van der Waals surface area contributed by atoms with Gasteiger partial charge >= 0.3 is 0 Å². The lowest BCUT2D eigenvalue weighted by Crippen LogP contribution is -2.57. The van der Waals surface area contributed by atoms with Crippen molar-refractivity contribution in [1.29, 1.82) is 0 Å². The van der Waals surface area contributed by atoms with Gasteiger partial charge in [-0.2, -0.15) is 0 Å². The third-order valence-corrected chi connectivity index (χ3v) is 5.90. The van der Waals surface area contributed by atoms with Crippen LogP contribution >= 0.6 is 11.3 Å². The lowest BCUT2D eigenvalue weighted by atomic mass is 9.95. The molecule has 2 aliphatic rings. The minimum absolute atomic E-state index is 0.133. The van der Waals surface area contributed by atoms with Crippen molar-refractivity contribution in [1.82, 2.24) is 14.9 Å². The molecule has 0 amide bonds. The van der Waals surface area contributed by atoms with Gasteiger partial charge in [-0.1, -0.05) is 18.2 Å². The minimum atomic E-state index is -0.621. The molecule has 130 valence electrons. The van der Waals surface area contributed by atoms with Gasteiger partial charge in [0.15, 0.2) is 6.29 Å². The second-order valence-corrected chi connectivity index (χ2v) is 7.52. The molecule has 1 aromatic carbocycles. The number of nitrogens with zero attached hydrogens (tertiary/aromatic N) is 2. The van der Waals surface area contributed by atoms with Crippen molar-refractivity contribution in [2.75, 3.05) is 6.61 Å². The van der Waals surface area contributed by atoms with Crippen molar-refractivity contribution >= 4 is 22.4 Å². The molecule has 0 aliphatic carbocycles. The molecule has 4 heterocycles. The number of fused-ring (bicyclic) bond motifs is 3. The number of thiophene rings is 1. The summed E-state index contributed by atoms with van der Waals surface area (Å²) in [5.74, 6) is 0. The highest BCUT2D eigenvalue weighted by atomic mass is 32.1. The van der Waals surface area contributed by atoms with E-state index in [2.05, 4.69) is 21.7 Å². The van der Waals surface area contributed by atoms with E-state index in [-0.39, 0.29) is 18.2 Å². The van der Waals surface area contributed by atoms with Crippen LogP contribution in [0.2, 0.25) is 0 Å². The smallest absolute Gasteiger partial charge is 0.181 e. The van der Waals surface area contributed by atoms with Gasteiger partial charge in [0, 0.05) is 11.4 Å². The Morgan fingerprint density at radius 3 is 3.08 bits per heavy atom. The molecule has 2 saturated heterocycles. The first-order valence-electron chi connectivity index (χ1n) is 8.44. The molecule has 7 heteroatoms. The molecule has 25 heavy (non-hydrogen) atoms. The zero-order chi connectivity index (χ0) is 16.8. The first kappa shape index (κ1) is 15.5. The number of nitrogens with one attached hydrogen (secondary N) is 1. The Hall–Kier alpha value is -1.77. The second-order valence-electron chi connectivity index (χ2n) is 6.48. The van der Waals surface area contributed by atoms with E-state index < -0.39 is 12.4 Å². The lowest BCUT2D eigenvalue weighted by molar-refractivity contribution is -0.164. The van der Waals surface area contributed by atoms with Crippen molar-refractivity contribution in [3.05, 3.63) is 53.0 Å². The molecule has 5 atom stereocenters. The maximum absolute atomic E-state index is 11.1. The molecule has 0 saturated carbocycles. The maximum atomic E-state index is 11.1. The Morgan fingerprint density at radius 1 is 1.28 bits per heavy atom. The summed E-state index contributed by atoms with van der Waals surface area (Å²) in [6.45, 7) is 1.20. The number of hydrogen-bond acceptors (Lipinski definition) is 6. The van der Waals surface area contributed by atoms with Crippen LogP contribution in [0.1, 0.15) is 10.9 Å². The third kappa shape index (κ3) is 2.59. The molecular formula is C18H19N3O3S. The van der Waals surface area contributed by atoms with E-state index in [1.807, 2.05) is 34.9 Å². The monoisotopic (exact) mass is 357 g/mol. The van der Waals surface area contributed by atoms with Crippen LogP contribution in [-0.4, -0.2) is 45.8 Å². The van der Waals surface area contributed by atoms with Gasteiger partial charge in [-0.05, 0) is 23.6 Å². The van der Waals surface area contributed by atoms with Gasteiger partial charge in [0.25, 0.3) is 0 Å². The summed E-state index contributed by atoms with van der Waals surface area (Å²) in [5.41, 5.74) is 1.87. The topological polar surface area (TPSA) is 68.5 Å². The number of rotatable bonds is 4. The summed E-state index contributed by atoms with van der Waals surface area (Å²) in [5, 5.41) is 16.6. The fourth-order valence-corrected chi connectivity index (χ4v) is 4.45. The quantitative estimate of drug-likeness (QED) is 0.747. The van der Waals surface area contributed by atoms with Gasteiger partial charge in [-0.3, -0.25) is 0 Å². The fraction of sp³-hybridized carbons (Fsp3) is 0.389. The SMILES string of the molecule is O[C@H]1[C@H](NCc2cccs2)[C@H]2CO[C@H](O2)[C@@H]1n1cnc2ccccc21. The van der Waals surface area contributed by atoms with Crippen LogP contribution in [0.5, 0.6) is 0 Å². The van der Waals surface area contributed by atoms with E-state index >= 15 is 0 Å². The first-order chi connectivity index (χ1) is 12.3. The molecule has 2 fully saturated rings. The number of benzene rings is 1. The van der Waals surface area contributed by atoms with E-state index in [0.29, 0.717) is 13.2 Å². The van der Waals surface area contributed by atoms with E-state index in [0.717, 1.165) is 11.0 Å². The number of hydrogen-bond donors (Lipinski definition) is 2. The summed E-state index contributed by atoms with van der Waals surface area (Å²) >= 11 is 1.70. The molecule has 6 nitrogen and oxygen atoms in total. The molecule has 2 bridgehead atoms. The largest absolute Gasteiger partial charge is 0.389 e. The van der Waals surface area contributed by atoms with Gasteiger partial charge in [0.05, 0.1) is 36.1 Å². The average molecular weight is 357 g/mol. The summed E-state index contributed by atoms with van der Waals surface area (Å²) in [4.78, 5) is 5.68. The molecule has 3 aromatic rings. The molecule has 0 radical (unpaired) electrons. The zero-order valence-corrected chi connectivity index (χ0v) is 14.3. The van der Waals surface area contributed by atoms with Crippen molar-refractivity contribution in [2.45, 2.75) is 37.1 Å². The minimum Gasteiger partial charge on any atom is -0.389 e. The molecule has 2 N–H and O–H groups in total. The van der Waals surface area contributed by atoms with Crippen LogP contribution in [0, 0.1) is 0 Å². The Labute approximate surface area is 149 Å². The van der Waals surface area contributed by atoms with Crippen molar-refractivity contribution in [3.63, 3.8) is 0 Å². The highest BCUT2D eigenvalue weighted by molar-refractivity contribution is 7.09. The number of para-hydroxylation sites is 2. The third-order valence-electron chi connectivity index (χ3n) is 5.03. The Bertz CT molecular complexity index is 865. The standard InChI is InChI=1S/C18H19N3O3S/c22-17-15(19-8-11-4-3-7-25-11)14-9-23-18(24-14)16(17)21-10-20-12-5-1-2-6-13(12)21/h1-7,10,14-19,22H,8-9H2/t14-,15-,16-,17+,18-/m1/s1. The van der Waals surface area contributed by atoms with Gasteiger partial charge < -0.3 is 24.5 Å².